The van der Waals surface area contributed by atoms with E-state index in [0.29, 0.717) is 11.3 Å². The zero-order valence-electron chi connectivity index (χ0n) is 10.7. The summed E-state index contributed by atoms with van der Waals surface area (Å²) in [5, 5.41) is 0. The van der Waals surface area contributed by atoms with Gasteiger partial charge in [0.15, 0.2) is 0 Å². The van der Waals surface area contributed by atoms with Gasteiger partial charge in [0, 0.05) is 12.2 Å². The molecule has 0 atom stereocenters. The summed E-state index contributed by atoms with van der Waals surface area (Å²) in [6.45, 7) is -0.370. The van der Waals surface area contributed by atoms with Crippen molar-refractivity contribution >= 4 is 15.7 Å². The Bertz CT molecular complexity index is 559. The van der Waals surface area contributed by atoms with Crippen molar-refractivity contribution in [3.8, 4) is 0 Å². The summed E-state index contributed by atoms with van der Waals surface area (Å²) in [4.78, 5) is 0.0000198. The van der Waals surface area contributed by atoms with Crippen molar-refractivity contribution in [2.45, 2.75) is 18.0 Å². The number of halogens is 3. The first-order valence-electron chi connectivity index (χ1n) is 5.62. The van der Waals surface area contributed by atoms with E-state index in [2.05, 4.69) is 9.46 Å². The van der Waals surface area contributed by atoms with Crippen molar-refractivity contribution in [3.05, 3.63) is 23.8 Å². The third-order valence-corrected chi connectivity index (χ3v) is 3.81. The van der Waals surface area contributed by atoms with Crippen molar-refractivity contribution < 1.29 is 26.3 Å². The minimum absolute atomic E-state index is 0.0000198. The number of nitrogen functional groups attached to an aromatic ring is 1. The predicted octanol–water partition coefficient (Wildman–Crippen LogP) is 1.43. The summed E-state index contributed by atoms with van der Waals surface area (Å²) in [5.41, 5.74) is 6.62. The predicted molar refractivity (Wildman–Crippen MR) is 67.7 cm³/mol. The maximum atomic E-state index is 11.8. The molecule has 0 saturated carbocycles. The van der Waals surface area contributed by atoms with Gasteiger partial charge in [-0.05, 0) is 30.7 Å². The molecule has 1 aromatic carbocycles. The van der Waals surface area contributed by atoms with Crippen LogP contribution in [-0.4, -0.2) is 34.4 Å². The summed E-state index contributed by atoms with van der Waals surface area (Å²) >= 11 is 0. The molecule has 114 valence electrons. The Morgan fingerprint density at radius 3 is 2.55 bits per heavy atom. The van der Waals surface area contributed by atoms with Gasteiger partial charge < -0.3 is 10.5 Å². The van der Waals surface area contributed by atoms with Gasteiger partial charge in [0.2, 0.25) is 10.0 Å². The summed E-state index contributed by atoms with van der Waals surface area (Å²) < 4.78 is 65.5. The first-order chi connectivity index (χ1) is 9.12. The average molecular weight is 312 g/mol. The van der Waals surface area contributed by atoms with Crippen LogP contribution >= 0.6 is 0 Å². The number of aryl methyl sites for hydroxylation is 1. The Morgan fingerprint density at radius 1 is 1.35 bits per heavy atom. The van der Waals surface area contributed by atoms with E-state index in [0.717, 1.165) is 0 Å². The van der Waals surface area contributed by atoms with Gasteiger partial charge in [-0.3, -0.25) is 0 Å². The van der Waals surface area contributed by atoms with Gasteiger partial charge in [-0.2, -0.15) is 13.2 Å². The van der Waals surface area contributed by atoms with Crippen LogP contribution in [0.5, 0.6) is 0 Å². The molecule has 1 aromatic rings. The van der Waals surface area contributed by atoms with Crippen molar-refractivity contribution in [2.24, 2.45) is 0 Å². The molecule has 20 heavy (non-hydrogen) atoms. The van der Waals surface area contributed by atoms with Crippen LogP contribution in [0.4, 0.5) is 18.9 Å². The second-order valence-corrected chi connectivity index (χ2v) is 5.85. The molecule has 0 radical (unpaired) electrons. The SMILES string of the molecule is Cc1cc(S(=O)(=O)NCCOCC(F)(F)F)ccc1N. The third kappa shape index (κ3) is 5.35. The lowest BCUT2D eigenvalue weighted by atomic mass is 10.2. The molecule has 0 fully saturated rings. The zero-order chi connectivity index (χ0) is 15.4. The minimum atomic E-state index is -4.42. The monoisotopic (exact) mass is 312 g/mol. The third-order valence-electron chi connectivity index (χ3n) is 2.36. The van der Waals surface area contributed by atoms with Gasteiger partial charge >= 0.3 is 6.18 Å². The van der Waals surface area contributed by atoms with Crippen LogP contribution in [0.3, 0.4) is 0 Å². The van der Waals surface area contributed by atoms with Crippen LogP contribution in [0.2, 0.25) is 0 Å². The van der Waals surface area contributed by atoms with E-state index in [-0.39, 0.29) is 18.0 Å². The lowest BCUT2D eigenvalue weighted by Crippen LogP contribution is -2.29. The number of nitrogens with two attached hydrogens (primary N) is 1. The summed E-state index contributed by atoms with van der Waals surface area (Å²) in [6, 6.07) is 4.15. The molecule has 9 heteroatoms. The Labute approximate surface area is 115 Å². The van der Waals surface area contributed by atoms with E-state index < -0.39 is 22.8 Å². The molecular formula is C11H15F3N2O3S. The first kappa shape index (κ1) is 16.7. The van der Waals surface area contributed by atoms with Crippen molar-refractivity contribution in [1.82, 2.24) is 4.72 Å². The first-order valence-corrected chi connectivity index (χ1v) is 7.10. The van der Waals surface area contributed by atoms with E-state index in [4.69, 9.17) is 5.73 Å². The van der Waals surface area contributed by atoms with E-state index >= 15 is 0 Å². The van der Waals surface area contributed by atoms with Crippen molar-refractivity contribution in [3.63, 3.8) is 0 Å². The number of alkyl halides is 3. The number of benzene rings is 1. The quantitative estimate of drug-likeness (QED) is 0.615. The average Bonchev–Trinajstić information content (AvgIpc) is 2.30. The fourth-order valence-corrected chi connectivity index (χ4v) is 2.43. The summed E-state index contributed by atoms with van der Waals surface area (Å²) in [7, 11) is -3.78. The summed E-state index contributed by atoms with van der Waals surface area (Å²) in [6.07, 6.45) is -4.42. The van der Waals surface area contributed by atoms with Gasteiger partial charge in [-0.25, -0.2) is 13.1 Å². The van der Waals surface area contributed by atoms with E-state index in [1.807, 2.05) is 0 Å². The molecule has 0 unspecified atom stereocenters. The van der Waals surface area contributed by atoms with Gasteiger partial charge in [0.05, 0.1) is 11.5 Å². The second-order valence-electron chi connectivity index (χ2n) is 4.08. The molecule has 1 rings (SSSR count). The van der Waals surface area contributed by atoms with Gasteiger partial charge in [-0.1, -0.05) is 0 Å². The second kappa shape index (κ2) is 6.42. The Morgan fingerprint density at radius 2 is 2.00 bits per heavy atom. The van der Waals surface area contributed by atoms with Gasteiger partial charge in [0.25, 0.3) is 0 Å². The Hall–Kier alpha value is -1.32. The lowest BCUT2D eigenvalue weighted by molar-refractivity contribution is -0.173. The Kier molecular flexibility index (Phi) is 5.37. The maximum absolute atomic E-state index is 11.8. The number of ether oxygens (including phenoxy) is 1. The van der Waals surface area contributed by atoms with Gasteiger partial charge in [0.1, 0.15) is 6.61 Å². The van der Waals surface area contributed by atoms with E-state index in [9.17, 15) is 21.6 Å². The Balaban J connectivity index is 2.52. The highest BCUT2D eigenvalue weighted by atomic mass is 32.2. The van der Waals surface area contributed by atoms with Gasteiger partial charge in [-0.15, -0.1) is 0 Å². The standard InChI is InChI=1S/C11H15F3N2O3S/c1-8-6-9(2-3-10(8)15)20(17,18)16-4-5-19-7-11(12,13)14/h2-3,6,16H,4-5,7,15H2,1H3. The van der Waals surface area contributed by atoms with Crippen LogP contribution in [-0.2, 0) is 14.8 Å². The number of hydrogen-bond acceptors (Lipinski definition) is 4. The van der Waals surface area contributed by atoms with E-state index in [1.54, 1.807) is 6.92 Å². The largest absolute Gasteiger partial charge is 0.411 e. The minimum Gasteiger partial charge on any atom is -0.399 e. The molecule has 0 aliphatic carbocycles. The highest BCUT2D eigenvalue weighted by Crippen LogP contribution is 2.16. The molecule has 0 saturated heterocycles. The number of nitrogens with one attached hydrogen (secondary N) is 1. The number of rotatable bonds is 6. The number of anilines is 1. The van der Waals surface area contributed by atoms with Crippen molar-refractivity contribution in [1.29, 1.82) is 0 Å². The molecule has 0 spiro atoms. The molecule has 0 heterocycles. The maximum Gasteiger partial charge on any atom is 0.411 e. The molecule has 5 nitrogen and oxygen atoms in total. The zero-order valence-corrected chi connectivity index (χ0v) is 11.5. The van der Waals surface area contributed by atoms with E-state index in [1.165, 1.54) is 18.2 Å². The molecule has 0 aromatic heterocycles. The molecule has 3 N–H and O–H groups in total. The topological polar surface area (TPSA) is 81.4 Å². The summed E-state index contributed by atoms with van der Waals surface area (Å²) in [5.74, 6) is 0. The molecule has 0 aliphatic heterocycles. The smallest absolute Gasteiger partial charge is 0.399 e. The normalized spacial score (nSPS) is 12.6. The molecule has 0 bridgehead atoms. The highest BCUT2D eigenvalue weighted by Gasteiger charge is 2.27. The van der Waals surface area contributed by atoms with Crippen LogP contribution < -0.4 is 10.5 Å². The fourth-order valence-electron chi connectivity index (χ4n) is 1.33. The van der Waals surface area contributed by atoms with Crippen LogP contribution in [0.15, 0.2) is 23.1 Å². The lowest BCUT2D eigenvalue weighted by Gasteiger charge is -2.10. The van der Waals surface area contributed by atoms with Crippen LogP contribution in [0, 0.1) is 6.92 Å². The van der Waals surface area contributed by atoms with Crippen LogP contribution in [0.25, 0.3) is 0 Å². The highest BCUT2D eigenvalue weighted by molar-refractivity contribution is 7.89. The fraction of sp³-hybridized carbons (Fsp3) is 0.455. The molecule has 0 amide bonds. The van der Waals surface area contributed by atoms with Crippen LogP contribution in [0.1, 0.15) is 5.56 Å². The molecular weight excluding hydrogens is 297 g/mol. The number of sulfonamides is 1. The van der Waals surface area contributed by atoms with Crippen molar-refractivity contribution in [2.75, 3.05) is 25.5 Å². The molecule has 0 aliphatic rings. The number of hydrogen-bond donors (Lipinski definition) is 2.